The number of quaternary nitrogens is 1. The van der Waals surface area contributed by atoms with E-state index in [2.05, 4.69) is 81.7 Å². The molecule has 116 valence electrons. The van der Waals surface area contributed by atoms with Crippen LogP contribution in [0.25, 0.3) is 5.57 Å². The normalized spacial score (nSPS) is 19.6. The fraction of sp³-hybridized carbons (Fsp3) is 0.300. The number of hydrogen-bond donors (Lipinski definition) is 0. The van der Waals surface area contributed by atoms with Crippen molar-refractivity contribution in [1.29, 1.82) is 0 Å². The molecule has 1 heterocycles. The Bertz CT molecular complexity index is 602. The minimum Gasteiger partial charge on any atom is -1.00 e. The predicted octanol–water partition coefficient (Wildman–Crippen LogP) is 1.22. The van der Waals surface area contributed by atoms with Gasteiger partial charge in [-0.05, 0) is 16.7 Å². The van der Waals surface area contributed by atoms with Gasteiger partial charge in [-0.3, -0.25) is 0 Å². The maximum atomic E-state index is 2.37. The van der Waals surface area contributed by atoms with Crippen LogP contribution in [-0.4, -0.2) is 31.7 Å². The van der Waals surface area contributed by atoms with Gasteiger partial charge in [0.1, 0.15) is 6.54 Å². The molecule has 0 spiro atoms. The molecule has 22 heavy (non-hydrogen) atoms. The Balaban J connectivity index is 0.00000176. The molecule has 1 fully saturated rings. The van der Waals surface area contributed by atoms with Crippen molar-refractivity contribution in [2.45, 2.75) is 6.92 Å². The first-order valence-corrected chi connectivity index (χ1v) is 7.73. The Labute approximate surface area is 151 Å². The number of likely N-dealkylation sites (N-methyl/N-ethyl adjacent to an activating group) is 1. The average molecular weight is 405 g/mol. The minimum absolute atomic E-state index is 0. The number of rotatable bonds is 2. The molecule has 0 aliphatic carbocycles. The van der Waals surface area contributed by atoms with Gasteiger partial charge in [0, 0.05) is 11.5 Å². The van der Waals surface area contributed by atoms with E-state index in [9.17, 15) is 0 Å². The lowest BCUT2D eigenvalue weighted by atomic mass is 9.89. The smallest absolute Gasteiger partial charge is 0.101 e. The molecule has 2 aromatic rings. The molecule has 0 saturated carbocycles. The Kier molecular flexibility index (Phi) is 5.45. The minimum atomic E-state index is 0. The molecule has 0 aromatic heterocycles. The first-order valence-electron chi connectivity index (χ1n) is 7.73. The molecule has 1 saturated heterocycles. The summed E-state index contributed by atoms with van der Waals surface area (Å²) in [7, 11) is 4.66. The van der Waals surface area contributed by atoms with Crippen molar-refractivity contribution in [1.82, 2.24) is 0 Å². The molecule has 2 aromatic carbocycles. The average Bonchev–Trinajstić information content (AvgIpc) is 2.75. The SMILES string of the molecule is CC1C[N+](C)(C)CC1=C(c1ccccc1)c1ccccc1.[I-]. The molecule has 1 aliphatic heterocycles. The van der Waals surface area contributed by atoms with Crippen molar-refractivity contribution in [3.63, 3.8) is 0 Å². The molecule has 0 N–H and O–H groups in total. The van der Waals surface area contributed by atoms with Gasteiger partial charge >= 0.3 is 0 Å². The lowest BCUT2D eigenvalue weighted by molar-refractivity contribution is -0.877. The highest BCUT2D eigenvalue weighted by Gasteiger charge is 2.34. The van der Waals surface area contributed by atoms with E-state index in [0.717, 1.165) is 11.0 Å². The molecule has 3 rings (SSSR count). The summed E-state index contributed by atoms with van der Waals surface area (Å²) in [6, 6.07) is 21.7. The zero-order valence-corrected chi connectivity index (χ0v) is 15.7. The highest BCUT2D eigenvalue weighted by Crippen LogP contribution is 2.36. The Hall–Kier alpha value is -1.13. The van der Waals surface area contributed by atoms with Crippen LogP contribution >= 0.6 is 0 Å². The van der Waals surface area contributed by atoms with Crippen molar-refractivity contribution in [2.75, 3.05) is 27.2 Å². The summed E-state index contributed by atoms with van der Waals surface area (Å²) >= 11 is 0. The second-order valence-corrected chi connectivity index (χ2v) is 6.81. The van der Waals surface area contributed by atoms with Crippen LogP contribution in [0.15, 0.2) is 66.2 Å². The molecule has 0 amide bonds. The third-order valence-electron chi connectivity index (χ3n) is 4.41. The highest BCUT2D eigenvalue weighted by molar-refractivity contribution is 5.82. The van der Waals surface area contributed by atoms with E-state index in [4.69, 9.17) is 0 Å². The van der Waals surface area contributed by atoms with Crippen LogP contribution in [0.4, 0.5) is 0 Å². The Morgan fingerprint density at radius 3 is 1.68 bits per heavy atom. The summed E-state index contributed by atoms with van der Waals surface area (Å²) in [5, 5.41) is 0. The lowest BCUT2D eigenvalue weighted by Crippen LogP contribution is -3.00. The van der Waals surface area contributed by atoms with Crippen LogP contribution in [-0.2, 0) is 0 Å². The van der Waals surface area contributed by atoms with Gasteiger partial charge in [-0.15, -0.1) is 0 Å². The van der Waals surface area contributed by atoms with E-state index < -0.39 is 0 Å². The van der Waals surface area contributed by atoms with Crippen molar-refractivity contribution >= 4 is 5.57 Å². The third-order valence-corrected chi connectivity index (χ3v) is 4.41. The first kappa shape index (κ1) is 17.2. The van der Waals surface area contributed by atoms with Crippen LogP contribution in [0.1, 0.15) is 18.1 Å². The van der Waals surface area contributed by atoms with Gasteiger partial charge in [0.05, 0.1) is 20.6 Å². The zero-order chi connectivity index (χ0) is 14.9. The summed E-state index contributed by atoms with van der Waals surface area (Å²) in [4.78, 5) is 0. The van der Waals surface area contributed by atoms with E-state index in [1.807, 2.05) is 0 Å². The summed E-state index contributed by atoms with van der Waals surface area (Å²) in [5.74, 6) is 0.635. The van der Waals surface area contributed by atoms with Gasteiger partial charge in [-0.25, -0.2) is 0 Å². The lowest BCUT2D eigenvalue weighted by Gasteiger charge is -2.22. The quantitative estimate of drug-likeness (QED) is 0.521. The fourth-order valence-corrected chi connectivity index (χ4v) is 3.61. The summed E-state index contributed by atoms with van der Waals surface area (Å²) in [6.07, 6.45) is 0. The van der Waals surface area contributed by atoms with E-state index in [1.165, 1.54) is 23.2 Å². The summed E-state index contributed by atoms with van der Waals surface area (Å²) in [5.41, 5.74) is 5.71. The van der Waals surface area contributed by atoms with Gasteiger partial charge < -0.3 is 28.5 Å². The zero-order valence-electron chi connectivity index (χ0n) is 13.6. The van der Waals surface area contributed by atoms with Crippen LogP contribution in [0, 0.1) is 5.92 Å². The molecular weight excluding hydrogens is 381 g/mol. The van der Waals surface area contributed by atoms with Gasteiger partial charge in [0.25, 0.3) is 0 Å². The number of halogens is 1. The third kappa shape index (κ3) is 3.61. The van der Waals surface area contributed by atoms with E-state index in [0.29, 0.717) is 5.92 Å². The molecular formula is C20H24IN. The molecule has 2 heteroatoms. The molecule has 1 unspecified atom stereocenters. The van der Waals surface area contributed by atoms with Crippen molar-refractivity contribution < 1.29 is 28.5 Å². The largest absolute Gasteiger partial charge is 1.00 e. The van der Waals surface area contributed by atoms with E-state index in [-0.39, 0.29) is 24.0 Å². The standard InChI is InChI=1S/C20H24N.HI/c1-16-14-21(2,3)15-19(16)20(17-10-6-4-7-11-17)18-12-8-5-9-13-18;/h4-13,16H,14-15H2,1-3H3;1H/q+1;/p-1. The van der Waals surface area contributed by atoms with Crippen LogP contribution in [0.2, 0.25) is 0 Å². The number of likely N-dealkylation sites (tertiary alicyclic amines) is 1. The second kappa shape index (κ2) is 6.97. The van der Waals surface area contributed by atoms with Crippen molar-refractivity contribution in [3.8, 4) is 0 Å². The van der Waals surface area contributed by atoms with Gasteiger partial charge in [-0.1, -0.05) is 67.6 Å². The van der Waals surface area contributed by atoms with Crippen molar-refractivity contribution in [3.05, 3.63) is 77.4 Å². The first-order chi connectivity index (χ1) is 10.1. The molecule has 1 nitrogen and oxygen atoms in total. The van der Waals surface area contributed by atoms with Crippen molar-refractivity contribution in [2.24, 2.45) is 5.92 Å². The van der Waals surface area contributed by atoms with E-state index in [1.54, 1.807) is 5.57 Å². The second-order valence-electron chi connectivity index (χ2n) is 6.81. The maximum Gasteiger partial charge on any atom is 0.101 e. The number of nitrogens with zero attached hydrogens (tertiary/aromatic N) is 1. The number of benzene rings is 2. The van der Waals surface area contributed by atoms with Gasteiger partial charge in [-0.2, -0.15) is 0 Å². The highest BCUT2D eigenvalue weighted by atomic mass is 127. The van der Waals surface area contributed by atoms with Gasteiger partial charge in [0.15, 0.2) is 0 Å². The van der Waals surface area contributed by atoms with E-state index >= 15 is 0 Å². The van der Waals surface area contributed by atoms with Crippen LogP contribution in [0.3, 0.4) is 0 Å². The maximum absolute atomic E-state index is 2.37. The Morgan fingerprint density at radius 1 is 0.864 bits per heavy atom. The van der Waals surface area contributed by atoms with Crippen LogP contribution in [0.5, 0.6) is 0 Å². The molecule has 1 aliphatic rings. The van der Waals surface area contributed by atoms with Crippen LogP contribution < -0.4 is 24.0 Å². The Morgan fingerprint density at radius 2 is 1.32 bits per heavy atom. The van der Waals surface area contributed by atoms with Gasteiger partial charge in [0.2, 0.25) is 0 Å². The fourth-order valence-electron chi connectivity index (χ4n) is 3.61. The topological polar surface area (TPSA) is 0 Å². The number of hydrogen-bond acceptors (Lipinski definition) is 0. The summed E-state index contributed by atoms with van der Waals surface area (Å²) in [6.45, 7) is 4.73. The molecule has 0 bridgehead atoms. The predicted molar refractivity (Wildman–Crippen MR) is 89.9 cm³/mol. The summed E-state index contributed by atoms with van der Waals surface area (Å²) < 4.78 is 1.08. The monoisotopic (exact) mass is 405 g/mol. The molecule has 0 radical (unpaired) electrons. The molecule has 1 atom stereocenters.